The summed E-state index contributed by atoms with van der Waals surface area (Å²) in [6.07, 6.45) is -2.96. The SMILES string of the molecule is OCC(NC(=S)Nc1ccc(-c2ncn(-c3ccc(C(F)(F)F)cc3)n2)cc1)c1cccc(Cl)c1. The van der Waals surface area contributed by atoms with Gasteiger partial charge in [0.05, 0.1) is 23.9 Å². The van der Waals surface area contributed by atoms with Gasteiger partial charge in [0.25, 0.3) is 0 Å². The standard InChI is InChI=1S/C24H19ClF3N5OS/c25-18-3-1-2-16(12-18)21(13-34)31-23(35)30-19-8-4-15(5-9-19)22-29-14-33(32-22)20-10-6-17(7-11-20)24(26,27)28/h1-12,14,21,34H,13H2,(H2,30,31,35). The molecule has 0 spiro atoms. The Morgan fingerprint density at radius 3 is 2.40 bits per heavy atom. The van der Waals surface area contributed by atoms with Gasteiger partial charge in [-0.25, -0.2) is 9.67 Å². The number of aliphatic hydroxyl groups is 1. The number of hydrogen-bond acceptors (Lipinski definition) is 4. The fourth-order valence-electron chi connectivity index (χ4n) is 3.31. The Labute approximate surface area is 209 Å². The number of aromatic nitrogens is 3. The van der Waals surface area contributed by atoms with Crippen LogP contribution in [0.4, 0.5) is 18.9 Å². The van der Waals surface area contributed by atoms with Crippen LogP contribution >= 0.6 is 23.8 Å². The van der Waals surface area contributed by atoms with Crippen molar-refractivity contribution in [2.45, 2.75) is 12.2 Å². The highest BCUT2D eigenvalue weighted by Crippen LogP contribution is 2.29. The maximum absolute atomic E-state index is 12.8. The molecule has 0 amide bonds. The lowest BCUT2D eigenvalue weighted by molar-refractivity contribution is -0.137. The minimum Gasteiger partial charge on any atom is -0.394 e. The molecule has 0 aliphatic rings. The fraction of sp³-hybridized carbons (Fsp3) is 0.125. The number of anilines is 1. The highest BCUT2D eigenvalue weighted by molar-refractivity contribution is 7.80. The number of thiocarbonyl (C=S) groups is 1. The average Bonchev–Trinajstić information content (AvgIpc) is 3.33. The Morgan fingerprint density at radius 2 is 1.77 bits per heavy atom. The molecule has 0 radical (unpaired) electrons. The number of alkyl halides is 3. The van der Waals surface area contributed by atoms with Crippen molar-refractivity contribution < 1.29 is 18.3 Å². The number of nitrogens with zero attached hydrogens (tertiary/aromatic N) is 3. The van der Waals surface area contributed by atoms with Gasteiger partial charge in [-0.2, -0.15) is 13.2 Å². The molecule has 3 N–H and O–H groups in total. The third kappa shape index (κ3) is 6.16. The summed E-state index contributed by atoms with van der Waals surface area (Å²) in [4.78, 5) is 4.25. The van der Waals surface area contributed by atoms with Crippen molar-refractivity contribution in [3.05, 3.63) is 95.3 Å². The predicted molar refractivity (Wildman–Crippen MR) is 132 cm³/mol. The summed E-state index contributed by atoms with van der Waals surface area (Å²) >= 11 is 11.4. The van der Waals surface area contributed by atoms with Gasteiger partial charge in [-0.15, -0.1) is 5.10 Å². The van der Waals surface area contributed by atoms with Crippen LogP contribution in [0.5, 0.6) is 0 Å². The first-order valence-corrected chi connectivity index (χ1v) is 11.1. The van der Waals surface area contributed by atoms with Gasteiger partial charge in [-0.3, -0.25) is 0 Å². The monoisotopic (exact) mass is 517 g/mol. The second-order valence-corrected chi connectivity index (χ2v) is 8.37. The molecular weight excluding hydrogens is 499 g/mol. The molecule has 0 saturated heterocycles. The van der Waals surface area contributed by atoms with E-state index in [4.69, 9.17) is 23.8 Å². The molecule has 1 atom stereocenters. The number of nitrogens with one attached hydrogen (secondary N) is 2. The molecule has 3 aromatic carbocycles. The van der Waals surface area contributed by atoms with E-state index in [9.17, 15) is 18.3 Å². The molecule has 0 aliphatic carbocycles. The number of benzene rings is 3. The molecule has 0 saturated carbocycles. The molecule has 4 aromatic rings. The number of rotatable bonds is 6. The summed E-state index contributed by atoms with van der Waals surface area (Å²) in [7, 11) is 0. The highest BCUT2D eigenvalue weighted by Gasteiger charge is 2.30. The van der Waals surface area contributed by atoms with Crippen molar-refractivity contribution in [3.63, 3.8) is 0 Å². The van der Waals surface area contributed by atoms with Gasteiger partial charge in [0.15, 0.2) is 10.9 Å². The van der Waals surface area contributed by atoms with E-state index in [1.165, 1.54) is 23.1 Å². The van der Waals surface area contributed by atoms with E-state index in [-0.39, 0.29) is 6.61 Å². The van der Waals surface area contributed by atoms with E-state index in [0.29, 0.717) is 32.9 Å². The van der Waals surface area contributed by atoms with Crippen molar-refractivity contribution in [1.29, 1.82) is 0 Å². The third-order valence-electron chi connectivity index (χ3n) is 5.09. The molecule has 1 aromatic heterocycles. The quantitative estimate of drug-likeness (QED) is 0.288. The number of hydrogen-bond donors (Lipinski definition) is 3. The molecule has 1 heterocycles. The molecule has 1 unspecified atom stereocenters. The first-order valence-electron chi connectivity index (χ1n) is 10.4. The summed E-state index contributed by atoms with van der Waals surface area (Å²) in [5, 5.41) is 21.1. The lowest BCUT2D eigenvalue weighted by Gasteiger charge is -2.19. The predicted octanol–water partition coefficient (Wildman–Crippen LogP) is 5.63. The van der Waals surface area contributed by atoms with Crippen LogP contribution in [0, 0.1) is 0 Å². The maximum Gasteiger partial charge on any atom is 0.416 e. The topological polar surface area (TPSA) is 75.0 Å². The van der Waals surface area contributed by atoms with Gasteiger partial charge in [-0.05, 0) is 78.4 Å². The average molecular weight is 518 g/mol. The Morgan fingerprint density at radius 1 is 1.06 bits per heavy atom. The van der Waals surface area contributed by atoms with Gasteiger partial charge in [0.1, 0.15) is 6.33 Å². The maximum atomic E-state index is 12.8. The van der Waals surface area contributed by atoms with E-state index in [2.05, 4.69) is 20.7 Å². The summed E-state index contributed by atoms with van der Waals surface area (Å²) in [6, 6.07) is 18.5. The second kappa shape index (κ2) is 10.4. The first-order chi connectivity index (χ1) is 16.7. The molecule has 0 aliphatic heterocycles. The Balaban J connectivity index is 1.40. The van der Waals surface area contributed by atoms with Gasteiger partial charge in [-0.1, -0.05) is 23.7 Å². The molecule has 180 valence electrons. The number of halogens is 4. The summed E-state index contributed by atoms with van der Waals surface area (Å²) < 4.78 is 39.7. The smallest absolute Gasteiger partial charge is 0.394 e. The van der Waals surface area contributed by atoms with Crippen LogP contribution in [0.25, 0.3) is 17.1 Å². The summed E-state index contributed by atoms with van der Waals surface area (Å²) in [6.45, 7) is -0.172. The van der Waals surface area contributed by atoms with Crippen LogP contribution in [-0.2, 0) is 6.18 Å². The van der Waals surface area contributed by atoms with Crippen LogP contribution in [0.3, 0.4) is 0 Å². The Kier molecular flexibility index (Phi) is 7.34. The lowest BCUT2D eigenvalue weighted by atomic mass is 10.1. The first kappa shape index (κ1) is 24.6. The van der Waals surface area contributed by atoms with Crippen molar-refractivity contribution in [2.75, 3.05) is 11.9 Å². The van der Waals surface area contributed by atoms with Crippen LogP contribution < -0.4 is 10.6 Å². The van der Waals surface area contributed by atoms with E-state index < -0.39 is 17.8 Å². The fourth-order valence-corrected chi connectivity index (χ4v) is 3.77. The van der Waals surface area contributed by atoms with Gasteiger partial charge in [0.2, 0.25) is 0 Å². The van der Waals surface area contributed by atoms with Gasteiger partial charge >= 0.3 is 6.18 Å². The van der Waals surface area contributed by atoms with Crippen molar-refractivity contribution >= 4 is 34.6 Å². The van der Waals surface area contributed by atoms with E-state index in [1.54, 1.807) is 42.5 Å². The molecule has 11 heteroatoms. The van der Waals surface area contributed by atoms with Crippen LogP contribution in [0.1, 0.15) is 17.2 Å². The summed E-state index contributed by atoms with van der Waals surface area (Å²) in [5.41, 5.74) is 1.96. The molecule has 35 heavy (non-hydrogen) atoms. The zero-order valence-corrected chi connectivity index (χ0v) is 19.6. The number of aliphatic hydroxyl groups excluding tert-OH is 1. The zero-order chi connectivity index (χ0) is 25.0. The normalized spacial score (nSPS) is 12.3. The summed E-state index contributed by atoms with van der Waals surface area (Å²) in [5.74, 6) is 0.415. The van der Waals surface area contributed by atoms with E-state index >= 15 is 0 Å². The van der Waals surface area contributed by atoms with E-state index in [0.717, 1.165) is 17.7 Å². The zero-order valence-electron chi connectivity index (χ0n) is 18.0. The van der Waals surface area contributed by atoms with Crippen molar-refractivity contribution in [3.8, 4) is 17.1 Å². The van der Waals surface area contributed by atoms with Crippen LogP contribution in [0.2, 0.25) is 5.02 Å². The minimum atomic E-state index is -4.39. The second-order valence-electron chi connectivity index (χ2n) is 7.52. The lowest BCUT2D eigenvalue weighted by Crippen LogP contribution is -2.34. The van der Waals surface area contributed by atoms with Crippen molar-refractivity contribution in [1.82, 2.24) is 20.1 Å². The van der Waals surface area contributed by atoms with Crippen LogP contribution in [0.15, 0.2) is 79.1 Å². The van der Waals surface area contributed by atoms with Crippen LogP contribution in [-0.4, -0.2) is 31.6 Å². The molecule has 0 bridgehead atoms. The molecule has 6 nitrogen and oxygen atoms in total. The molecule has 0 fully saturated rings. The van der Waals surface area contributed by atoms with E-state index in [1.807, 2.05) is 6.07 Å². The molecular formula is C24H19ClF3N5OS. The third-order valence-corrected chi connectivity index (χ3v) is 5.55. The van der Waals surface area contributed by atoms with Gasteiger partial charge < -0.3 is 15.7 Å². The van der Waals surface area contributed by atoms with Crippen molar-refractivity contribution in [2.24, 2.45) is 0 Å². The van der Waals surface area contributed by atoms with Gasteiger partial charge in [0, 0.05) is 16.3 Å². The largest absolute Gasteiger partial charge is 0.416 e. The highest BCUT2D eigenvalue weighted by atomic mass is 35.5. The Bertz CT molecular complexity index is 1310. The Hall–Kier alpha value is -3.47. The molecule has 4 rings (SSSR count). The minimum absolute atomic E-state index is 0.172.